The van der Waals surface area contributed by atoms with E-state index in [0.29, 0.717) is 23.5 Å². The molecule has 0 radical (unpaired) electrons. The maximum Gasteiger partial charge on any atom is 0.416 e. The lowest BCUT2D eigenvalue weighted by molar-refractivity contribution is -0.137. The van der Waals surface area contributed by atoms with Crippen LogP contribution in [0.3, 0.4) is 0 Å². The van der Waals surface area contributed by atoms with Crippen LogP contribution in [0.1, 0.15) is 47.8 Å². The van der Waals surface area contributed by atoms with Gasteiger partial charge in [-0.1, -0.05) is 30.2 Å². The molecule has 172 valence electrons. The molecule has 2 aromatic heterocycles. The Balaban J connectivity index is 1.54. The number of hydrogen-bond acceptors (Lipinski definition) is 4. The summed E-state index contributed by atoms with van der Waals surface area (Å²) in [5.74, 6) is 1.17. The quantitative estimate of drug-likeness (QED) is 0.452. The molecule has 6 nitrogen and oxygen atoms in total. The maximum atomic E-state index is 13.0. The van der Waals surface area contributed by atoms with Crippen molar-refractivity contribution >= 4 is 16.7 Å². The first-order valence-corrected chi connectivity index (χ1v) is 11.0. The molecular formula is C24H24F3N5O. The highest BCUT2D eigenvalue weighted by Gasteiger charge is 2.31. The Hall–Kier alpha value is -3.20. The molecule has 2 aromatic carbocycles. The average molecular weight is 455 g/mol. The van der Waals surface area contributed by atoms with Crippen molar-refractivity contribution in [3.8, 4) is 0 Å². The largest absolute Gasteiger partial charge is 0.416 e. The third kappa shape index (κ3) is 3.80. The summed E-state index contributed by atoms with van der Waals surface area (Å²) in [6.45, 7) is 3.23. The molecule has 0 bridgehead atoms. The summed E-state index contributed by atoms with van der Waals surface area (Å²) in [5, 5.41) is 9.28. The fourth-order valence-electron chi connectivity index (χ4n) is 4.79. The van der Waals surface area contributed by atoms with Crippen LogP contribution in [0.2, 0.25) is 0 Å². The molecular weight excluding hydrogens is 431 g/mol. The standard InChI is InChI=1S/C24H24F3N5O/c1-15-6-11-20-18(13-15)22(33)30(2)23-29-28-21(32(20)23)14-31-12-4-3-5-19(31)16-7-9-17(10-8-16)24(25,26)27/h6-11,13,19H,3-5,12,14H2,1-2H3. The molecule has 1 unspecified atom stereocenters. The molecule has 3 heterocycles. The van der Waals surface area contributed by atoms with Gasteiger partial charge in [0.05, 0.1) is 23.0 Å². The zero-order valence-corrected chi connectivity index (χ0v) is 18.4. The number of aryl methyl sites for hydroxylation is 2. The van der Waals surface area contributed by atoms with Crippen LogP contribution in [0, 0.1) is 6.92 Å². The van der Waals surface area contributed by atoms with Crippen LogP contribution in [0.25, 0.3) is 16.7 Å². The highest BCUT2D eigenvalue weighted by Crippen LogP contribution is 2.35. The molecule has 5 rings (SSSR count). The van der Waals surface area contributed by atoms with E-state index < -0.39 is 11.7 Å². The van der Waals surface area contributed by atoms with Gasteiger partial charge >= 0.3 is 6.18 Å². The van der Waals surface area contributed by atoms with Gasteiger partial charge in [-0.05, 0) is 56.1 Å². The van der Waals surface area contributed by atoms with Crippen LogP contribution in [-0.2, 0) is 19.8 Å². The Bertz CT molecular complexity index is 1390. The zero-order chi connectivity index (χ0) is 23.3. The van der Waals surface area contributed by atoms with E-state index in [1.54, 1.807) is 19.2 Å². The third-order valence-corrected chi connectivity index (χ3v) is 6.52. The van der Waals surface area contributed by atoms with Crippen LogP contribution in [0.5, 0.6) is 0 Å². The zero-order valence-electron chi connectivity index (χ0n) is 18.4. The van der Waals surface area contributed by atoms with E-state index in [0.717, 1.165) is 54.6 Å². The fraction of sp³-hybridized carbons (Fsp3) is 0.375. The van der Waals surface area contributed by atoms with E-state index in [-0.39, 0.29) is 11.6 Å². The molecule has 0 saturated carbocycles. The molecule has 33 heavy (non-hydrogen) atoms. The summed E-state index contributed by atoms with van der Waals surface area (Å²) in [4.78, 5) is 15.1. The Kier molecular flexibility index (Phi) is 5.23. The van der Waals surface area contributed by atoms with Gasteiger partial charge in [0.25, 0.3) is 5.56 Å². The third-order valence-electron chi connectivity index (χ3n) is 6.52. The minimum absolute atomic E-state index is 0.00516. The minimum atomic E-state index is -4.35. The molecule has 9 heteroatoms. The van der Waals surface area contributed by atoms with Crippen molar-refractivity contribution < 1.29 is 13.2 Å². The number of piperidine rings is 1. The van der Waals surface area contributed by atoms with Crippen molar-refractivity contribution in [2.45, 2.75) is 44.9 Å². The molecule has 0 aliphatic carbocycles. The minimum Gasteiger partial charge on any atom is -0.289 e. The van der Waals surface area contributed by atoms with Gasteiger partial charge in [-0.2, -0.15) is 13.2 Å². The second-order valence-electron chi connectivity index (χ2n) is 8.74. The number of halogens is 3. The van der Waals surface area contributed by atoms with Crippen molar-refractivity contribution in [3.05, 3.63) is 75.3 Å². The van der Waals surface area contributed by atoms with Gasteiger partial charge in [0.2, 0.25) is 5.78 Å². The maximum absolute atomic E-state index is 13.0. The van der Waals surface area contributed by atoms with Gasteiger partial charge in [-0.3, -0.25) is 18.7 Å². The Labute approximate surface area is 188 Å². The second-order valence-corrected chi connectivity index (χ2v) is 8.74. The molecule has 0 spiro atoms. The van der Waals surface area contributed by atoms with Crippen molar-refractivity contribution in [3.63, 3.8) is 0 Å². The highest BCUT2D eigenvalue weighted by molar-refractivity contribution is 5.81. The number of aromatic nitrogens is 4. The number of benzene rings is 2. The molecule has 0 amide bonds. The first-order chi connectivity index (χ1) is 15.7. The highest BCUT2D eigenvalue weighted by atomic mass is 19.4. The predicted octanol–water partition coefficient (Wildman–Crippen LogP) is 4.64. The summed E-state index contributed by atoms with van der Waals surface area (Å²) in [7, 11) is 1.68. The Morgan fingerprint density at radius 1 is 1.06 bits per heavy atom. The predicted molar refractivity (Wildman–Crippen MR) is 119 cm³/mol. The lowest BCUT2D eigenvalue weighted by Gasteiger charge is -2.35. The smallest absolute Gasteiger partial charge is 0.289 e. The van der Waals surface area contributed by atoms with Gasteiger partial charge in [0.1, 0.15) is 0 Å². The van der Waals surface area contributed by atoms with Crippen molar-refractivity contribution in [2.24, 2.45) is 7.05 Å². The molecule has 1 fully saturated rings. The average Bonchev–Trinajstić information content (AvgIpc) is 3.21. The van der Waals surface area contributed by atoms with Gasteiger partial charge < -0.3 is 0 Å². The number of nitrogens with zero attached hydrogens (tertiary/aromatic N) is 5. The van der Waals surface area contributed by atoms with Crippen molar-refractivity contribution in [1.29, 1.82) is 0 Å². The van der Waals surface area contributed by atoms with Crippen LogP contribution < -0.4 is 5.56 Å². The SMILES string of the molecule is Cc1ccc2c(c1)c(=O)n(C)c1nnc(CN3CCCCC3c3ccc(C(F)(F)F)cc3)n21. The number of likely N-dealkylation sites (tertiary alicyclic amines) is 1. The number of fused-ring (bicyclic) bond motifs is 3. The fourth-order valence-corrected chi connectivity index (χ4v) is 4.79. The molecule has 1 atom stereocenters. The van der Waals surface area contributed by atoms with Crippen molar-refractivity contribution in [2.75, 3.05) is 6.54 Å². The van der Waals surface area contributed by atoms with Gasteiger partial charge in [0, 0.05) is 13.1 Å². The Morgan fingerprint density at radius 3 is 2.55 bits per heavy atom. The van der Waals surface area contributed by atoms with E-state index in [9.17, 15) is 18.0 Å². The number of hydrogen-bond donors (Lipinski definition) is 0. The number of alkyl halides is 3. The van der Waals surface area contributed by atoms with Crippen LogP contribution in [0.15, 0.2) is 47.3 Å². The van der Waals surface area contributed by atoms with E-state index >= 15 is 0 Å². The van der Waals surface area contributed by atoms with E-state index in [2.05, 4.69) is 15.1 Å². The monoisotopic (exact) mass is 455 g/mol. The summed E-state index contributed by atoms with van der Waals surface area (Å²) >= 11 is 0. The van der Waals surface area contributed by atoms with Crippen molar-refractivity contribution in [1.82, 2.24) is 24.1 Å². The van der Waals surface area contributed by atoms with E-state index in [1.807, 2.05) is 29.5 Å². The van der Waals surface area contributed by atoms with E-state index in [1.165, 1.54) is 4.57 Å². The first-order valence-electron chi connectivity index (χ1n) is 11.0. The van der Waals surface area contributed by atoms with Gasteiger partial charge in [-0.15, -0.1) is 10.2 Å². The van der Waals surface area contributed by atoms with Crippen LogP contribution in [-0.4, -0.2) is 30.6 Å². The molecule has 0 N–H and O–H groups in total. The van der Waals surface area contributed by atoms with Gasteiger partial charge in [-0.25, -0.2) is 0 Å². The summed E-state index contributed by atoms with van der Waals surface area (Å²) in [6.07, 6.45) is -1.47. The molecule has 1 aliphatic heterocycles. The van der Waals surface area contributed by atoms with Crippen LogP contribution in [0.4, 0.5) is 13.2 Å². The van der Waals surface area contributed by atoms with Crippen LogP contribution >= 0.6 is 0 Å². The summed E-state index contributed by atoms with van der Waals surface area (Å²) in [6, 6.07) is 11.2. The summed E-state index contributed by atoms with van der Waals surface area (Å²) < 4.78 is 42.4. The first kappa shape index (κ1) is 21.6. The molecule has 4 aromatic rings. The summed E-state index contributed by atoms with van der Waals surface area (Å²) in [5.41, 5.74) is 1.85. The lowest BCUT2D eigenvalue weighted by Crippen LogP contribution is -2.33. The number of rotatable bonds is 3. The lowest BCUT2D eigenvalue weighted by atomic mass is 9.94. The topological polar surface area (TPSA) is 55.4 Å². The normalized spacial score (nSPS) is 17.8. The Morgan fingerprint density at radius 2 is 1.82 bits per heavy atom. The van der Waals surface area contributed by atoms with Gasteiger partial charge in [0.15, 0.2) is 5.82 Å². The second kappa shape index (κ2) is 7.98. The molecule has 1 saturated heterocycles. The van der Waals surface area contributed by atoms with E-state index in [4.69, 9.17) is 0 Å². The molecule has 1 aliphatic rings.